The third-order valence-electron chi connectivity index (χ3n) is 6.60. The third kappa shape index (κ3) is 5.65. The summed E-state index contributed by atoms with van der Waals surface area (Å²) in [7, 11) is 5.38. The van der Waals surface area contributed by atoms with Crippen LogP contribution in [0, 0.1) is 11.8 Å². The molecule has 1 aliphatic heterocycles. The fraction of sp³-hybridized carbons (Fsp3) is 0.696. The molecule has 6 nitrogen and oxygen atoms in total. The second-order valence-corrected chi connectivity index (χ2v) is 9.38. The SMILES string of the molecule is CN(C)C(=O)c1ccc(N2CCC(CCCN(C)C(=O)C3CCCC3)CC2)nc1Cl. The number of hydrogen-bond donors (Lipinski definition) is 0. The van der Waals surface area contributed by atoms with E-state index in [2.05, 4.69) is 9.88 Å². The van der Waals surface area contributed by atoms with Crippen LogP contribution in [0.5, 0.6) is 0 Å². The van der Waals surface area contributed by atoms with Gasteiger partial charge in [0.15, 0.2) is 0 Å². The maximum atomic E-state index is 12.4. The number of rotatable bonds is 7. The molecular weight excluding hydrogens is 400 g/mol. The summed E-state index contributed by atoms with van der Waals surface area (Å²) in [5, 5.41) is 0.267. The quantitative estimate of drug-likeness (QED) is 0.606. The monoisotopic (exact) mass is 434 g/mol. The Morgan fingerprint density at radius 2 is 1.77 bits per heavy atom. The molecule has 166 valence electrons. The second-order valence-electron chi connectivity index (χ2n) is 9.02. The van der Waals surface area contributed by atoms with E-state index < -0.39 is 0 Å². The Morgan fingerprint density at radius 3 is 2.37 bits per heavy atom. The van der Waals surface area contributed by atoms with E-state index in [9.17, 15) is 9.59 Å². The van der Waals surface area contributed by atoms with E-state index in [-0.39, 0.29) is 17.0 Å². The number of anilines is 1. The van der Waals surface area contributed by atoms with Crippen molar-refractivity contribution in [1.29, 1.82) is 0 Å². The van der Waals surface area contributed by atoms with Crippen LogP contribution in [-0.4, -0.2) is 67.4 Å². The van der Waals surface area contributed by atoms with Crippen molar-refractivity contribution in [2.24, 2.45) is 11.8 Å². The van der Waals surface area contributed by atoms with Gasteiger partial charge in [-0.2, -0.15) is 0 Å². The molecule has 0 aromatic carbocycles. The summed E-state index contributed by atoms with van der Waals surface area (Å²) in [6, 6.07) is 3.67. The summed E-state index contributed by atoms with van der Waals surface area (Å²) in [6.45, 7) is 2.77. The van der Waals surface area contributed by atoms with E-state index in [0.717, 1.165) is 57.6 Å². The molecule has 0 bridgehead atoms. The lowest BCUT2D eigenvalue weighted by Crippen LogP contribution is -2.35. The lowest BCUT2D eigenvalue weighted by Gasteiger charge is -2.33. The molecule has 3 rings (SSSR count). The highest BCUT2D eigenvalue weighted by atomic mass is 35.5. The molecule has 0 unspecified atom stereocenters. The van der Waals surface area contributed by atoms with Crippen molar-refractivity contribution in [2.75, 3.05) is 45.7 Å². The van der Waals surface area contributed by atoms with Crippen LogP contribution in [0.3, 0.4) is 0 Å². The summed E-state index contributed by atoms with van der Waals surface area (Å²) in [4.78, 5) is 34.7. The first-order valence-corrected chi connectivity index (χ1v) is 11.6. The maximum Gasteiger partial charge on any atom is 0.256 e. The Morgan fingerprint density at radius 1 is 1.10 bits per heavy atom. The van der Waals surface area contributed by atoms with Gasteiger partial charge < -0.3 is 14.7 Å². The molecule has 2 heterocycles. The molecule has 2 aliphatic rings. The number of halogens is 1. The molecule has 1 saturated carbocycles. The van der Waals surface area contributed by atoms with Crippen molar-refractivity contribution in [3.8, 4) is 0 Å². The van der Waals surface area contributed by atoms with Crippen LogP contribution in [0.2, 0.25) is 5.15 Å². The predicted octanol–water partition coefficient (Wildman–Crippen LogP) is 4.08. The number of hydrogen-bond acceptors (Lipinski definition) is 4. The normalized spacial score (nSPS) is 17.9. The zero-order valence-electron chi connectivity index (χ0n) is 18.6. The van der Waals surface area contributed by atoms with Gasteiger partial charge in [-0.05, 0) is 56.6 Å². The number of carbonyl (C=O) groups is 2. The van der Waals surface area contributed by atoms with Gasteiger partial charge in [0.25, 0.3) is 5.91 Å². The van der Waals surface area contributed by atoms with Gasteiger partial charge in [-0.15, -0.1) is 0 Å². The minimum Gasteiger partial charge on any atom is -0.357 e. The first-order chi connectivity index (χ1) is 14.4. The molecule has 7 heteroatoms. The molecule has 1 aromatic rings. The first-order valence-electron chi connectivity index (χ1n) is 11.2. The van der Waals surface area contributed by atoms with Crippen LogP contribution < -0.4 is 4.90 Å². The Kier molecular flexibility index (Phi) is 7.98. The highest BCUT2D eigenvalue weighted by Crippen LogP contribution is 2.28. The standard InChI is InChI=1S/C23H35ClN4O2/c1-26(2)23(30)19-10-11-20(25-21(19)24)28-15-12-17(13-16-28)7-6-14-27(3)22(29)18-8-4-5-9-18/h10-11,17-18H,4-9,12-16H2,1-3H3. The Balaban J connectivity index is 1.42. The molecule has 1 aliphatic carbocycles. The molecule has 2 amide bonds. The van der Waals surface area contributed by atoms with E-state index in [1.54, 1.807) is 20.2 Å². The minimum absolute atomic E-state index is 0.130. The molecule has 1 aromatic heterocycles. The number of amides is 2. The molecule has 1 saturated heterocycles. The topological polar surface area (TPSA) is 56.8 Å². The second kappa shape index (κ2) is 10.5. The first kappa shape index (κ1) is 22.9. The van der Waals surface area contributed by atoms with Crippen molar-refractivity contribution in [1.82, 2.24) is 14.8 Å². The van der Waals surface area contributed by atoms with Gasteiger partial charge in [-0.1, -0.05) is 24.4 Å². The summed E-state index contributed by atoms with van der Waals surface area (Å²) >= 11 is 6.27. The molecule has 30 heavy (non-hydrogen) atoms. The minimum atomic E-state index is -0.130. The van der Waals surface area contributed by atoms with Gasteiger partial charge in [0.05, 0.1) is 5.56 Å². The van der Waals surface area contributed by atoms with Gasteiger partial charge in [0.2, 0.25) is 5.91 Å². The molecule has 0 radical (unpaired) electrons. The van der Waals surface area contributed by atoms with Crippen LogP contribution >= 0.6 is 11.6 Å². The smallest absolute Gasteiger partial charge is 0.256 e. The van der Waals surface area contributed by atoms with E-state index >= 15 is 0 Å². The summed E-state index contributed by atoms with van der Waals surface area (Å²) in [6.07, 6.45) is 9.05. The number of carbonyl (C=O) groups excluding carboxylic acids is 2. The molecule has 0 spiro atoms. The third-order valence-corrected chi connectivity index (χ3v) is 6.88. The summed E-state index contributed by atoms with van der Waals surface area (Å²) in [5.41, 5.74) is 0.441. The summed E-state index contributed by atoms with van der Waals surface area (Å²) in [5.74, 6) is 2.03. The van der Waals surface area contributed by atoms with Gasteiger partial charge >= 0.3 is 0 Å². The zero-order valence-corrected chi connectivity index (χ0v) is 19.3. The highest BCUT2D eigenvalue weighted by Gasteiger charge is 2.26. The average molecular weight is 435 g/mol. The fourth-order valence-electron chi connectivity index (χ4n) is 4.66. The van der Waals surface area contributed by atoms with Crippen LogP contribution in [0.25, 0.3) is 0 Å². The maximum absolute atomic E-state index is 12.4. The van der Waals surface area contributed by atoms with Crippen molar-refractivity contribution >= 4 is 29.2 Å². The average Bonchev–Trinajstić information content (AvgIpc) is 3.28. The van der Waals surface area contributed by atoms with Crippen LogP contribution in [0.15, 0.2) is 12.1 Å². The molecular formula is C23H35ClN4O2. The number of piperidine rings is 1. The van der Waals surface area contributed by atoms with Gasteiger partial charge in [0, 0.05) is 46.7 Å². The molecule has 0 N–H and O–H groups in total. The van der Waals surface area contributed by atoms with Crippen molar-refractivity contribution in [3.63, 3.8) is 0 Å². The summed E-state index contributed by atoms with van der Waals surface area (Å²) < 4.78 is 0. The molecule has 2 fully saturated rings. The van der Waals surface area contributed by atoms with Gasteiger partial charge in [-0.25, -0.2) is 4.98 Å². The van der Waals surface area contributed by atoms with Crippen LogP contribution in [-0.2, 0) is 4.79 Å². The van der Waals surface area contributed by atoms with E-state index in [1.807, 2.05) is 18.0 Å². The predicted molar refractivity (Wildman–Crippen MR) is 121 cm³/mol. The Hall–Kier alpha value is -1.82. The van der Waals surface area contributed by atoms with Crippen molar-refractivity contribution in [3.05, 3.63) is 22.8 Å². The number of pyridine rings is 1. The van der Waals surface area contributed by atoms with Gasteiger partial charge in [-0.3, -0.25) is 9.59 Å². The lowest BCUT2D eigenvalue weighted by atomic mass is 9.92. The van der Waals surface area contributed by atoms with Crippen LogP contribution in [0.4, 0.5) is 5.82 Å². The van der Waals surface area contributed by atoms with E-state index in [0.29, 0.717) is 17.4 Å². The number of aromatic nitrogens is 1. The largest absolute Gasteiger partial charge is 0.357 e. The molecule has 0 atom stereocenters. The van der Waals surface area contributed by atoms with Crippen LogP contribution in [0.1, 0.15) is 61.7 Å². The van der Waals surface area contributed by atoms with E-state index in [1.165, 1.54) is 24.2 Å². The number of nitrogens with zero attached hydrogens (tertiary/aromatic N) is 4. The van der Waals surface area contributed by atoms with Crippen molar-refractivity contribution in [2.45, 2.75) is 51.4 Å². The zero-order chi connectivity index (χ0) is 21.7. The van der Waals surface area contributed by atoms with E-state index in [4.69, 9.17) is 11.6 Å². The fourth-order valence-corrected chi connectivity index (χ4v) is 4.89. The Labute approximate surface area is 185 Å². The lowest BCUT2D eigenvalue weighted by molar-refractivity contribution is -0.134. The van der Waals surface area contributed by atoms with Crippen molar-refractivity contribution < 1.29 is 9.59 Å². The Bertz CT molecular complexity index is 741. The highest BCUT2D eigenvalue weighted by molar-refractivity contribution is 6.32. The van der Waals surface area contributed by atoms with Gasteiger partial charge in [0.1, 0.15) is 11.0 Å².